The van der Waals surface area contributed by atoms with Crippen molar-refractivity contribution in [3.8, 4) is 0 Å². The molecule has 4 rings (SSSR count). The number of aromatic nitrogens is 1. The average Bonchev–Trinajstić information content (AvgIpc) is 3.38. The van der Waals surface area contributed by atoms with Crippen LogP contribution >= 0.6 is 11.6 Å². The fourth-order valence-electron chi connectivity index (χ4n) is 4.05. The first-order valence-electron chi connectivity index (χ1n) is 8.75. The quantitative estimate of drug-likeness (QED) is 0.802. The molecular weight excluding hydrogens is 372 g/mol. The van der Waals surface area contributed by atoms with Crippen molar-refractivity contribution in [2.75, 3.05) is 0 Å². The van der Waals surface area contributed by atoms with Crippen LogP contribution in [0.4, 0.5) is 8.78 Å². The van der Waals surface area contributed by atoms with Gasteiger partial charge in [-0.3, -0.25) is 14.8 Å². The number of rotatable bonds is 4. The van der Waals surface area contributed by atoms with Gasteiger partial charge in [-0.25, -0.2) is 8.78 Å². The highest BCUT2D eigenvalue weighted by molar-refractivity contribution is 6.30. The van der Waals surface area contributed by atoms with E-state index in [9.17, 15) is 13.6 Å². The number of halogens is 3. The van der Waals surface area contributed by atoms with E-state index in [4.69, 9.17) is 17.3 Å². The number of Topliss-reactive ketones (excluding diaryl/α,β-unsaturated/α-hetero) is 1. The minimum atomic E-state index is -0.989. The Morgan fingerprint density at radius 3 is 2.85 bits per heavy atom. The molecule has 1 saturated carbocycles. The summed E-state index contributed by atoms with van der Waals surface area (Å²) in [5.41, 5.74) is 5.77. The van der Waals surface area contributed by atoms with Crippen molar-refractivity contribution in [3.63, 3.8) is 0 Å². The highest BCUT2D eigenvalue weighted by Crippen LogP contribution is 2.57. The van der Waals surface area contributed by atoms with Crippen molar-refractivity contribution >= 4 is 23.2 Å². The fraction of sp³-hybridized carbons (Fsp3) is 0.350. The van der Waals surface area contributed by atoms with Gasteiger partial charge in [-0.15, -0.1) is 0 Å². The maximum absolute atomic E-state index is 14.6. The summed E-state index contributed by atoms with van der Waals surface area (Å²) in [7, 11) is 0. The van der Waals surface area contributed by atoms with Crippen LogP contribution in [0.3, 0.4) is 0 Å². The lowest BCUT2D eigenvalue weighted by molar-refractivity contribution is 0.0988. The normalized spacial score (nSPS) is 26.3. The number of fused-ring (bicyclic) bond motifs is 1. The van der Waals surface area contributed by atoms with Crippen molar-refractivity contribution in [3.05, 3.63) is 63.9 Å². The van der Waals surface area contributed by atoms with Crippen LogP contribution in [-0.2, 0) is 12.0 Å². The molecule has 2 heterocycles. The number of hydrogen-bond acceptors (Lipinski definition) is 4. The lowest BCUT2D eigenvalue weighted by Gasteiger charge is -2.31. The van der Waals surface area contributed by atoms with E-state index in [1.807, 2.05) is 0 Å². The van der Waals surface area contributed by atoms with Gasteiger partial charge in [0.05, 0.1) is 16.4 Å². The summed E-state index contributed by atoms with van der Waals surface area (Å²) in [5.74, 6) is -1.26. The number of pyridine rings is 1. The van der Waals surface area contributed by atoms with Crippen LogP contribution in [0.2, 0.25) is 5.02 Å². The number of nitrogens with zero attached hydrogens (tertiary/aromatic N) is 2. The molecule has 0 unspecified atom stereocenters. The third-order valence-corrected chi connectivity index (χ3v) is 5.73. The lowest BCUT2D eigenvalue weighted by atomic mass is 9.82. The molecule has 1 fully saturated rings. The number of hydrogen-bond donors (Lipinski definition) is 1. The number of benzene rings is 1. The number of carbonyl (C=O) groups excluding carboxylic acids is 1. The molecule has 0 saturated heterocycles. The molecule has 2 aromatic rings. The summed E-state index contributed by atoms with van der Waals surface area (Å²) in [4.78, 5) is 20.9. The van der Waals surface area contributed by atoms with Gasteiger partial charge in [-0.2, -0.15) is 0 Å². The lowest BCUT2D eigenvalue weighted by Crippen LogP contribution is -2.33. The van der Waals surface area contributed by atoms with Gasteiger partial charge in [-0.1, -0.05) is 11.6 Å². The molecule has 140 valence electrons. The number of nitrogens with two attached hydrogens (primary N) is 1. The smallest absolute Gasteiger partial charge is 0.185 e. The summed E-state index contributed by atoms with van der Waals surface area (Å²) in [6.07, 6.45) is 2.87. The third-order valence-electron chi connectivity index (χ3n) is 5.50. The second-order valence-corrected chi connectivity index (χ2v) is 7.89. The highest BCUT2D eigenvalue weighted by atomic mass is 35.5. The molecule has 7 heteroatoms. The Morgan fingerprint density at radius 2 is 2.15 bits per heavy atom. The molecule has 1 aromatic heterocycles. The molecule has 27 heavy (non-hydrogen) atoms. The van der Waals surface area contributed by atoms with E-state index >= 15 is 0 Å². The van der Waals surface area contributed by atoms with Crippen molar-refractivity contribution < 1.29 is 13.6 Å². The minimum Gasteiger partial charge on any atom is -0.387 e. The molecule has 0 amide bonds. The predicted octanol–water partition coefficient (Wildman–Crippen LogP) is 4.05. The van der Waals surface area contributed by atoms with E-state index in [0.29, 0.717) is 28.8 Å². The second kappa shape index (κ2) is 6.37. The number of aliphatic imine (C=N–C) groups is 1. The zero-order chi connectivity index (χ0) is 19.3. The first-order valence-corrected chi connectivity index (χ1v) is 9.13. The highest BCUT2D eigenvalue weighted by Gasteiger charge is 2.55. The molecule has 3 atom stereocenters. The summed E-state index contributed by atoms with van der Waals surface area (Å²) in [6, 6.07) is 5.65. The maximum atomic E-state index is 14.6. The average molecular weight is 390 g/mol. The number of carbonyl (C=O) groups is 1. The van der Waals surface area contributed by atoms with Crippen LogP contribution in [-0.4, -0.2) is 16.6 Å². The van der Waals surface area contributed by atoms with E-state index in [1.165, 1.54) is 18.3 Å². The molecule has 0 radical (unpaired) electrons. The Labute approximate surface area is 160 Å². The zero-order valence-corrected chi connectivity index (χ0v) is 15.4. The van der Waals surface area contributed by atoms with E-state index in [1.54, 1.807) is 13.0 Å². The van der Waals surface area contributed by atoms with Gasteiger partial charge in [0.15, 0.2) is 17.4 Å². The topological polar surface area (TPSA) is 68.3 Å². The Morgan fingerprint density at radius 1 is 1.37 bits per heavy atom. The minimum absolute atomic E-state index is 0.0950. The van der Waals surface area contributed by atoms with E-state index in [0.717, 1.165) is 12.5 Å². The molecule has 4 nitrogen and oxygen atoms in total. The SMILES string of the molecule is C[C@]1(c2cc(CC(=O)c3ccc(Cl)cn3)cc(F)c2F)N=C(N)C[C@H]2C[C@H]21. The Bertz CT molecular complexity index is 960. The van der Waals surface area contributed by atoms with Gasteiger partial charge in [0, 0.05) is 24.6 Å². The summed E-state index contributed by atoms with van der Waals surface area (Å²) in [6.45, 7) is 1.79. The number of ketones is 1. The van der Waals surface area contributed by atoms with Gasteiger partial charge in [0.2, 0.25) is 0 Å². The molecule has 2 aliphatic rings. The maximum Gasteiger partial charge on any atom is 0.185 e. The van der Waals surface area contributed by atoms with Crippen LogP contribution in [0.5, 0.6) is 0 Å². The summed E-state index contributed by atoms with van der Waals surface area (Å²) >= 11 is 5.78. The number of amidine groups is 1. The molecule has 0 bridgehead atoms. The molecule has 2 N–H and O–H groups in total. The van der Waals surface area contributed by atoms with E-state index in [2.05, 4.69) is 9.98 Å². The molecule has 1 aromatic carbocycles. The fourth-order valence-corrected chi connectivity index (χ4v) is 4.16. The third kappa shape index (κ3) is 3.23. The zero-order valence-electron chi connectivity index (χ0n) is 14.7. The van der Waals surface area contributed by atoms with Crippen LogP contribution in [0, 0.1) is 23.5 Å². The predicted molar refractivity (Wildman–Crippen MR) is 98.8 cm³/mol. The Kier molecular flexibility index (Phi) is 4.26. The summed E-state index contributed by atoms with van der Waals surface area (Å²) < 4.78 is 28.9. The largest absolute Gasteiger partial charge is 0.387 e. The van der Waals surface area contributed by atoms with Gasteiger partial charge < -0.3 is 5.73 Å². The standard InChI is InChI=1S/C20H18ClF2N3O/c1-20(13-7-11(13)8-18(24)26-20)14-4-10(5-15(22)19(14)23)6-17(27)16-3-2-12(21)9-25-16/h2-5,9,11,13H,6-8H2,1H3,(H2,24,26)/t11-,13-,20+/m1/s1. The van der Waals surface area contributed by atoms with Crippen LogP contribution < -0.4 is 5.73 Å². The van der Waals surface area contributed by atoms with Gasteiger partial charge in [-0.05, 0) is 55.0 Å². The van der Waals surface area contributed by atoms with Crippen LogP contribution in [0.25, 0.3) is 0 Å². The van der Waals surface area contributed by atoms with E-state index in [-0.39, 0.29) is 29.4 Å². The molecule has 1 aliphatic heterocycles. The van der Waals surface area contributed by atoms with E-state index < -0.39 is 17.2 Å². The van der Waals surface area contributed by atoms with Crippen molar-refractivity contribution in [1.29, 1.82) is 0 Å². The van der Waals surface area contributed by atoms with Gasteiger partial charge in [0.1, 0.15) is 5.69 Å². The monoisotopic (exact) mass is 389 g/mol. The Hall–Kier alpha value is -2.34. The van der Waals surface area contributed by atoms with Crippen molar-refractivity contribution in [1.82, 2.24) is 4.98 Å². The first kappa shape index (κ1) is 18.0. The molecule has 0 spiro atoms. The van der Waals surface area contributed by atoms with Crippen molar-refractivity contribution in [2.45, 2.75) is 31.7 Å². The molecule has 1 aliphatic carbocycles. The van der Waals surface area contributed by atoms with Crippen LogP contribution in [0.15, 0.2) is 35.5 Å². The van der Waals surface area contributed by atoms with Gasteiger partial charge in [0.25, 0.3) is 0 Å². The summed E-state index contributed by atoms with van der Waals surface area (Å²) in [5, 5.41) is 0.418. The first-order chi connectivity index (χ1) is 12.8. The molecular formula is C20H18ClF2N3O. The Balaban J connectivity index is 1.69. The van der Waals surface area contributed by atoms with Gasteiger partial charge >= 0.3 is 0 Å². The second-order valence-electron chi connectivity index (χ2n) is 7.46. The van der Waals surface area contributed by atoms with Crippen LogP contribution in [0.1, 0.15) is 41.4 Å². The van der Waals surface area contributed by atoms with Crippen molar-refractivity contribution in [2.24, 2.45) is 22.6 Å².